The molecular weight excluding hydrogens is 152 g/mol. The molecule has 1 rings (SSSR count). The van der Waals surface area contributed by atoms with Crippen molar-refractivity contribution in [3.8, 4) is 5.75 Å². The van der Waals surface area contributed by atoms with Crippen LogP contribution in [0, 0.1) is 10.1 Å². The molecule has 0 aliphatic rings. The van der Waals surface area contributed by atoms with Gasteiger partial charge in [0.2, 0.25) is 0 Å². The van der Waals surface area contributed by atoms with E-state index in [9.17, 15) is 10.1 Å². The maximum Gasteiger partial charge on any atom is 0.269 e. The molecule has 1 aromatic carbocycles. The van der Waals surface area contributed by atoms with Crippen LogP contribution in [-0.2, 0) is 0 Å². The van der Waals surface area contributed by atoms with Crippen molar-refractivity contribution < 1.29 is 9.66 Å². The summed E-state index contributed by atoms with van der Waals surface area (Å²) in [4.78, 5) is 9.72. The molecular formula is C7H7NO3. The number of nitrogens with zero attached hydrogens (tertiary/aromatic N) is 1. The molecule has 0 radical (unpaired) electrons. The summed E-state index contributed by atoms with van der Waals surface area (Å²) < 4.78 is 4.83. The van der Waals surface area contributed by atoms with Crippen LogP contribution in [-0.4, -0.2) is 12.0 Å². The second kappa shape index (κ2) is 3.01. The fourth-order valence-electron chi connectivity index (χ4n) is 0.704. The highest BCUT2D eigenvalue weighted by molar-refractivity contribution is 5.35. The maximum absolute atomic E-state index is 10.2. The van der Waals surface area contributed by atoms with Crippen LogP contribution in [0.4, 0.5) is 5.69 Å². The molecule has 0 heterocycles. The molecule has 0 aliphatic carbocycles. The van der Waals surface area contributed by atoms with E-state index in [4.69, 9.17) is 4.74 Å². The summed E-state index contributed by atoms with van der Waals surface area (Å²) in [6, 6.07) is 5.91. The number of methoxy groups -OCH3 is 1. The minimum atomic E-state index is -0.445. The first kappa shape index (κ1) is 7.53. The Kier molecular flexibility index (Phi) is 2.06. The zero-order valence-electron chi connectivity index (χ0n) is 5.98. The summed E-state index contributed by atoms with van der Waals surface area (Å²) in [5, 5.41) is 10.2. The van der Waals surface area contributed by atoms with Crippen LogP contribution < -0.4 is 4.74 Å². The van der Waals surface area contributed by atoms with Crippen LogP contribution in [0.5, 0.6) is 5.75 Å². The molecule has 0 N–H and O–H groups in total. The lowest BCUT2D eigenvalue weighted by molar-refractivity contribution is -0.384. The number of ether oxygens (including phenoxy) is 1. The van der Waals surface area contributed by atoms with Crippen LogP contribution >= 0.6 is 0 Å². The zero-order valence-corrected chi connectivity index (χ0v) is 5.98. The molecule has 4 nitrogen and oxygen atoms in total. The molecule has 0 aromatic heterocycles. The third kappa shape index (κ3) is 1.67. The smallest absolute Gasteiger partial charge is 0.269 e. The highest BCUT2D eigenvalue weighted by Crippen LogP contribution is 2.16. The second-order valence-electron chi connectivity index (χ2n) is 1.96. The molecule has 0 spiro atoms. The van der Waals surface area contributed by atoms with Crippen molar-refractivity contribution in [2.75, 3.05) is 7.11 Å². The van der Waals surface area contributed by atoms with Gasteiger partial charge in [-0.05, 0) is 12.1 Å². The van der Waals surface area contributed by atoms with E-state index in [1.54, 1.807) is 12.1 Å². The Balaban J connectivity index is 2.91. The number of non-ortho nitro benzene ring substituents is 1. The quantitative estimate of drug-likeness (QED) is 0.486. The van der Waals surface area contributed by atoms with Gasteiger partial charge in [0.15, 0.2) is 0 Å². The molecule has 1 aromatic rings. The largest absolute Gasteiger partial charge is 0.497 e. The minimum Gasteiger partial charge on any atom is -0.497 e. The molecule has 0 saturated carbocycles. The van der Waals surface area contributed by atoms with Crippen molar-refractivity contribution in [3.63, 3.8) is 0 Å². The number of rotatable bonds is 2. The molecule has 0 atom stereocenters. The van der Waals surface area contributed by atoms with Crippen molar-refractivity contribution in [1.82, 2.24) is 0 Å². The summed E-state index contributed by atoms with van der Waals surface area (Å²) >= 11 is 0. The Morgan fingerprint density at radius 1 is 1.36 bits per heavy atom. The number of benzene rings is 1. The van der Waals surface area contributed by atoms with E-state index in [-0.39, 0.29) is 5.69 Å². The highest BCUT2D eigenvalue weighted by atomic mass is 16.6. The SMILES string of the molecule is CO[13c]1[13cH][13cH][13c]([N+](=O)[O-])[13cH][13cH]1. The molecule has 0 fully saturated rings. The van der Waals surface area contributed by atoms with Crippen LogP contribution in [0.15, 0.2) is 24.3 Å². The van der Waals surface area contributed by atoms with Gasteiger partial charge in [0.25, 0.3) is 5.69 Å². The van der Waals surface area contributed by atoms with Gasteiger partial charge in [0.1, 0.15) is 5.75 Å². The lowest BCUT2D eigenvalue weighted by Gasteiger charge is -1.96. The standard InChI is InChI=1S/C7H7NO3/c1-11-7-4-2-6(3-5-7)8(9)10/h2-5H,1H3/i2+1,3+1,4+1,5+1,6+1,7+1. The van der Waals surface area contributed by atoms with Crippen LogP contribution in [0.2, 0.25) is 0 Å². The Morgan fingerprint density at radius 2 is 1.91 bits per heavy atom. The van der Waals surface area contributed by atoms with Gasteiger partial charge in [0, 0.05) is 12.1 Å². The Labute approximate surface area is 63.6 Å². The maximum atomic E-state index is 10.2. The van der Waals surface area contributed by atoms with Crippen molar-refractivity contribution >= 4 is 5.69 Å². The highest BCUT2D eigenvalue weighted by Gasteiger charge is 2.02. The molecule has 11 heavy (non-hydrogen) atoms. The van der Waals surface area contributed by atoms with Gasteiger partial charge in [-0.15, -0.1) is 0 Å². The van der Waals surface area contributed by atoms with Gasteiger partial charge in [-0.3, -0.25) is 10.1 Å². The minimum absolute atomic E-state index is 0.0748. The van der Waals surface area contributed by atoms with Crippen molar-refractivity contribution in [2.24, 2.45) is 0 Å². The van der Waals surface area contributed by atoms with E-state index >= 15 is 0 Å². The van der Waals surface area contributed by atoms with Gasteiger partial charge in [-0.1, -0.05) is 0 Å². The lowest BCUT2D eigenvalue weighted by atomic mass is 11.2. The second-order valence-corrected chi connectivity index (χ2v) is 1.96. The zero-order chi connectivity index (χ0) is 8.27. The summed E-state index contributed by atoms with van der Waals surface area (Å²) in [6.45, 7) is 0. The molecule has 0 amide bonds. The average molecular weight is 159 g/mol. The van der Waals surface area contributed by atoms with Gasteiger partial charge in [0.05, 0.1) is 12.0 Å². The van der Waals surface area contributed by atoms with Crippen molar-refractivity contribution in [3.05, 3.63) is 34.4 Å². The van der Waals surface area contributed by atoms with Gasteiger partial charge in [-0.25, -0.2) is 0 Å². The Morgan fingerprint density at radius 3 is 2.27 bits per heavy atom. The number of nitro groups is 1. The van der Waals surface area contributed by atoms with E-state index < -0.39 is 4.92 Å². The predicted octanol–water partition coefficient (Wildman–Crippen LogP) is 1.60. The Hall–Kier alpha value is -1.58. The molecule has 0 unspecified atom stereocenters. The molecule has 4 heteroatoms. The lowest BCUT2D eigenvalue weighted by Crippen LogP contribution is -1.87. The normalized spacial score (nSPS) is 9.18. The first-order chi connectivity index (χ1) is 5.24. The Bertz CT molecular complexity index is 255. The van der Waals surface area contributed by atoms with E-state index in [1.165, 1.54) is 19.2 Å². The van der Waals surface area contributed by atoms with Crippen molar-refractivity contribution in [2.45, 2.75) is 0 Å². The van der Waals surface area contributed by atoms with Crippen LogP contribution in [0.25, 0.3) is 0 Å². The van der Waals surface area contributed by atoms with E-state index in [0.29, 0.717) is 5.75 Å². The van der Waals surface area contributed by atoms with Gasteiger partial charge >= 0.3 is 0 Å². The van der Waals surface area contributed by atoms with Crippen LogP contribution in [0.1, 0.15) is 0 Å². The van der Waals surface area contributed by atoms with Crippen LogP contribution in [0.3, 0.4) is 0 Å². The molecule has 0 bridgehead atoms. The monoisotopic (exact) mass is 159 g/mol. The van der Waals surface area contributed by atoms with Gasteiger partial charge in [-0.2, -0.15) is 0 Å². The fourth-order valence-corrected chi connectivity index (χ4v) is 0.704. The number of nitro benzene ring substituents is 1. The molecule has 0 saturated heterocycles. The van der Waals surface area contributed by atoms with E-state index in [1.807, 2.05) is 0 Å². The molecule has 0 aliphatic heterocycles. The number of hydrogen-bond acceptors (Lipinski definition) is 3. The fraction of sp³-hybridized carbons (Fsp3) is 0.143. The van der Waals surface area contributed by atoms with E-state index in [0.717, 1.165) is 0 Å². The first-order valence-electron chi connectivity index (χ1n) is 3.02. The summed E-state index contributed by atoms with van der Waals surface area (Å²) in [7, 11) is 1.52. The van der Waals surface area contributed by atoms with Gasteiger partial charge < -0.3 is 4.74 Å². The molecule has 58 valence electrons. The first-order valence-corrected chi connectivity index (χ1v) is 3.02. The van der Waals surface area contributed by atoms with E-state index in [2.05, 4.69) is 0 Å². The average Bonchev–Trinajstić information content (AvgIpc) is 2.05. The summed E-state index contributed by atoms with van der Waals surface area (Å²) in [5.41, 5.74) is 0.0748. The summed E-state index contributed by atoms with van der Waals surface area (Å²) in [5.74, 6) is 0.621. The third-order valence-electron chi connectivity index (χ3n) is 1.28. The topological polar surface area (TPSA) is 52.4 Å². The predicted molar refractivity (Wildman–Crippen MR) is 39.6 cm³/mol. The number of hydrogen-bond donors (Lipinski definition) is 0. The van der Waals surface area contributed by atoms with Crippen molar-refractivity contribution in [1.29, 1.82) is 0 Å². The summed E-state index contributed by atoms with van der Waals surface area (Å²) in [6.07, 6.45) is 0. The third-order valence-corrected chi connectivity index (χ3v) is 1.28.